The van der Waals surface area contributed by atoms with E-state index in [-0.39, 0.29) is 17.0 Å². The minimum atomic E-state index is -1.11. The summed E-state index contributed by atoms with van der Waals surface area (Å²) in [6.45, 7) is 2.24. The molecule has 0 radical (unpaired) electrons. The molecule has 2 fully saturated rings. The molecule has 0 aliphatic heterocycles. The lowest BCUT2D eigenvalue weighted by Crippen LogP contribution is -2.30. The molecule has 0 N–H and O–H groups in total. The Morgan fingerprint density at radius 2 is 1.47 bits per heavy atom. The number of rotatable bonds is 5. The van der Waals surface area contributed by atoms with Crippen LogP contribution in [0.2, 0.25) is 0 Å². The molecule has 0 amide bonds. The molecule has 0 nitrogen and oxygen atoms in total. The van der Waals surface area contributed by atoms with Crippen LogP contribution in [-0.4, -0.2) is 0 Å². The molecule has 0 heterocycles. The van der Waals surface area contributed by atoms with Crippen LogP contribution in [0.1, 0.15) is 76.2 Å². The molecule has 0 bridgehead atoms. The lowest BCUT2D eigenvalue weighted by Gasteiger charge is -2.42. The number of halogens is 4. The third-order valence-corrected chi connectivity index (χ3v) is 7.43. The van der Waals surface area contributed by atoms with Gasteiger partial charge in [0.2, 0.25) is 0 Å². The van der Waals surface area contributed by atoms with Crippen LogP contribution < -0.4 is 0 Å². The number of benzene rings is 2. The van der Waals surface area contributed by atoms with E-state index in [0.29, 0.717) is 11.5 Å². The summed E-state index contributed by atoms with van der Waals surface area (Å²) in [4.78, 5) is 0. The first-order chi connectivity index (χ1) is 14.5. The van der Waals surface area contributed by atoms with Crippen LogP contribution >= 0.6 is 0 Å². The van der Waals surface area contributed by atoms with Gasteiger partial charge >= 0.3 is 0 Å². The van der Waals surface area contributed by atoms with E-state index < -0.39 is 23.3 Å². The highest BCUT2D eigenvalue weighted by Gasteiger charge is 2.36. The average Bonchev–Trinajstić information content (AvgIpc) is 2.73. The van der Waals surface area contributed by atoms with Crippen molar-refractivity contribution < 1.29 is 17.6 Å². The number of hydrogen-bond acceptors (Lipinski definition) is 0. The largest absolute Gasteiger partial charge is 0.206 e. The lowest BCUT2D eigenvalue weighted by molar-refractivity contribution is 0.113. The summed E-state index contributed by atoms with van der Waals surface area (Å²) in [6, 6.07) is 5.76. The Labute approximate surface area is 176 Å². The van der Waals surface area contributed by atoms with Crippen LogP contribution in [0.5, 0.6) is 0 Å². The molecule has 2 aromatic rings. The van der Waals surface area contributed by atoms with Gasteiger partial charge in [0.15, 0.2) is 11.6 Å². The predicted molar refractivity (Wildman–Crippen MR) is 112 cm³/mol. The highest BCUT2D eigenvalue weighted by atomic mass is 19.2. The highest BCUT2D eigenvalue weighted by molar-refractivity contribution is 5.65. The Morgan fingerprint density at radius 1 is 0.767 bits per heavy atom. The van der Waals surface area contributed by atoms with E-state index in [9.17, 15) is 17.6 Å². The Bertz CT molecular complexity index is 868. The van der Waals surface area contributed by atoms with Crippen molar-refractivity contribution in [1.82, 2.24) is 0 Å². The first kappa shape index (κ1) is 21.4. The van der Waals surface area contributed by atoms with Gasteiger partial charge < -0.3 is 0 Å². The summed E-state index contributed by atoms with van der Waals surface area (Å²) in [6.07, 6.45) is 10.8. The maximum atomic E-state index is 14.8. The van der Waals surface area contributed by atoms with Crippen molar-refractivity contribution in [2.45, 2.75) is 70.6 Å². The van der Waals surface area contributed by atoms with Crippen LogP contribution in [0.3, 0.4) is 0 Å². The molecular formula is C26H30F4. The van der Waals surface area contributed by atoms with E-state index in [1.807, 2.05) is 0 Å². The topological polar surface area (TPSA) is 0 Å². The van der Waals surface area contributed by atoms with Crippen LogP contribution in [0.15, 0.2) is 30.3 Å². The van der Waals surface area contributed by atoms with Gasteiger partial charge in [0, 0.05) is 0 Å². The van der Waals surface area contributed by atoms with Gasteiger partial charge in [-0.3, -0.25) is 0 Å². The quantitative estimate of drug-likeness (QED) is 0.428. The standard InChI is InChI=1S/C26H30F4/c1-2-3-4-16-5-6-18-12-19(8-7-17(18)11-16)21-14-24(29)26(25(30)15-21)20-9-10-22(27)23(28)13-20/h9-10,13-19H,2-8,11-12H2,1H3. The molecule has 0 spiro atoms. The molecule has 30 heavy (non-hydrogen) atoms. The van der Waals surface area contributed by atoms with Crippen LogP contribution in [0.4, 0.5) is 17.6 Å². The minimum absolute atomic E-state index is 0.0181. The summed E-state index contributed by atoms with van der Waals surface area (Å²) < 4.78 is 56.4. The molecule has 4 rings (SSSR count). The van der Waals surface area contributed by atoms with Crippen molar-refractivity contribution in [2.75, 3.05) is 0 Å². The van der Waals surface area contributed by atoms with E-state index in [4.69, 9.17) is 0 Å². The Morgan fingerprint density at radius 3 is 2.17 bits per heavy atom. The molecule has 4 heteroatoms. The van der Waals surface area contributed by atoms with Gasteiger partial charge in [0.25, 0.3) is 0 Å². The fourth-order valence-electron chi connectivity index (χ4n) is 5.80. The van der Waals surface area contributed by atoms with Crippen molar-refractivity contribution in [1.29, 1.82) is 0 Å². The van der Waals surface area contributed by atoms with E-state index in [1.54, 1.807) is 0 Å². The first-order valence-electron chi connectivity index (χ1n) is 11.4. The van der Waals surface area contributed by atoms with E-state index >= 15 is 0 Å². The molecule has 162 valence electrons. The molecule has 2 aromatic carbocycles. The van der Waals surface area contributed by atoms with Gasteiger partial charge in [0.1, 0.15) is 11.6 Å². The molecular weight excluding hydrogens is 388 g/mol. The van der Waals surface area contributed by atoms with Gasteiger partial charge in [0.05, 0.1) is 5.56 Å². The van der Waals surface area contributed by atoms with Crippen LogP contribution in [-0.2, 0) is 0 Å². The van der Waals surface area contributed by atoms with Gasteiger partial charge in [-0.25, -0.2) is 17.6 Å². The Kier molecular flexibility index (Phi) is 6.50. The zero-order valence-corrected chi connectivity index (χ0v) is 17.6. The van der Waals surface area contributed by atoms with E-state index in [1.165, 1.54) is 56.7 Å². The lowest BCUT2D eigenvalue weighted by atomic mass is 9.63. The fraction of sp³-hybridized carbons (Fsp3) is 0.538. The zero-order chi connectivity index (χ0) is 21.3. The van der Waals surface area contributed by atoms with Gasteiger partial charge in [-0.2, -0.15) is 0 Å². The van der Waals surface area contributed by atoms with Gasteiger partial charge in [-0.15, -0.1) is 0 Å². The average molecular weight is 419 g/mol. The van der Waals surface area contributed by atoms with Gasteiger partial charge in [-0.05, 0) is 91.2 Å². The van der Waals surface area contributed by atoms with Crippen molar-refractivity contribution in [3.8, 4) is 11.1 Å². The SMILES string of the molecule is CCCCC1CCC2CC(c3cc(F)c(-c4ccc(F)c(F)c4)c(F)c3)CCC2C1. The third kappa shape index (κ3) is 4.43. The Balaban J connectivity index is 1.49. The molecule has 0 aromatic heterocycles. The summed E-state index contributed by atoms with van der Waals surface area (Å²) in [7, 11) is 0. The third-order valence-electron chi connectivity index (χ3n) is 7.43. The summed E-state index contributed by atoms with van der Waals surface area (Å²) in [5, 5.41) is 0. The van der Waals surface area contributed by atoms with Crippen molar-refractivity contribution >= 4 is 0 Å². The summed E-state index contributed by atoms with van der Waals surface area (Å²) in [5.41, 5.74) is 0.426. The second kappa shape index (κ2) is 9.11. The summed E-state index contributed by atoms with van der Waals surface area (Å²) in [5.74, 6) is -1.12. The zero-order valence-electron chi connectivity index (χ0n) is 17.6. The first-order valence-corrected chi connectivity index (χ1v) is 11.4. The van der Waals surface area contributed by atoms with Crippen molar-refractivity contribution in [3.05, 3.63) is 59.2 Å². The monoisotopic (exact) mass is 418 g/mol. The number of unbranched alkanes of at least 4 members (excludes halogenated alkanes) is 1. The normalized spacial score (nSPS) is 26.4. The smallest absolute Gasteiger partial charge is 0.159 e. The minimum Gasteiger partial charge on any atom is -0.206 e. The second-order valence-electron chi connectivity index (χ2n) is 9.34. The molecule has 4 atom stereocenters. The van der Waals surface area contributed by atoms with E-state index in [0.717, 1.165) is 43.2 Å². The second-order valence-corrected chi connectivity index (χ2v) is 9.34. The molecule has 2 aliphatic rings. The Hall–Kier alpha value is -1.84. The van der Waals surface area contributed by atoms with Crippen molar-refractivity contribution in [3.63, 3.8) is 0 Å². The number of hydrogen-bond donors (Lipinski definition) is 0. The number of fused-ring (bicyclic) bond motifs is 1. The van der Waals surface area contributed by atoms with Gasteiger partial charge in [-0.1, -0.05) is 38.7 Å². The van der Waals surface area contributed by atoms with Crippen LogP contribution in [0.25, 0.3) is 11.1 Å². The predicted octanol–water partition coefficient (Wildman–Crippen LogP) is 8.40. The molecule has 0 saturated heterocycles. The molecule has 4 unspecified atom stereocenters. The molecule has 2 saturated carbocycles. The fourth-order valence-corrected chi connectivity index (χ4v) is 5.80. The maximum Gasteiger partial charge on any atom is 0.159 e. The van der Waals surface area contributed by atoms with Crippen LogP contribution in [0, 0.1) is 41.0 Å². The highest BCUT2D eigenvalue weighted by Crippen LogP contribution is 2.48. The molecule has 2 aliphatic carbocycles. The summed E-state index contributed by atoms with van der Waals surface area (Å²) >= 11 is 0. The van der Waals surface area contributed by atoms with Crippen molar-refractivity contribution in [2.24, 2.45) is 17.8 Å². The van der Waals surface area contributed by atoms with E-state index in [2.05, 4.69) is 6.92 Å². The maximum absolute atomic E-state index is 14.8.